The van der Waals surface area contributed by atoms with Crippen LogP contribution in [0.15, 0.2) is 45.6 Å². The molecule has 4 rings (SSSR count). The lowest BCUT2D eigenvalue weighted by molar-refractivity contribution is 0.0725. The quantitative estimate of drug-likeness (QED) is 0.360. The van der Waals surface area contributed by atoms with Crippen molar-refractivity contribution in [1.82, 2.24) is 4.90 Å². The monoisotopic (exact) mass is 447 g/mol. The summed E-state index contributed by atoms with van der Waals surface area (Å²) < 4.78 is 12.1. The maximum atomic E-state index is 13.8. The van der Waals surface area contributed by atoms with Crippen LogP contribution < -0.4 is 10.2 Å². The molecule has 0 bridgehead atoms. The van der Waals surface area contributed by atoms with Crippen LogP contribution in [0.3, 0.4) is 0 Å². The fourth-order valence-corrected chi connectivity index (χ4v) is 4.74. The standard InChI is InChI=1S/C28H33NO4/c1-5-7-9-14-32-21-12-10-11-20(17-21)25-24-26(30)23-19(4)15-18(3)16-22(23)33-27(24)28(31)29(25)13-8-6-2/h10-12,15-17,25H,5-9,13-14H2,1-4H3. The van der Waals surface area contributed by atoms with Crippen molar-refractivity contribution in [3.63, 3.8) is 0 Å². The Morgan fingerprint density at radius 3 is 2.55 bits per heavy atom. The Balaban J connectivity index is 1.83. The van der Waals surface area contributed by atoms with Gasteiger partial charge in [-0.25, -0.2) is 0 Å². The fourth-order valence-electron chi connectivity index (χ4n) is 4.74. The predicted octanol–water partition coefficient (Wildman–Crippen LogP) is 6.32. The van der Waals surface area contributed by atoms with Gasteiger partial charge >= 0.3 is 0 Å². The maximum Gasteiger partial charge on any atom is 0.290 e. The lowest BCUT2D eigenvalue weighted by atomic mass is 9.96. The van der Waals surface area contributed by atoms with Crippen LogP contribution in [0.5, 0.6) is 5.75 Å². The summed E-state index contributed by atoms with van der Waals surface area (Å²) in [6.07, 6.45) is 5.08. The van der Waals surface area contributed by atoms with Gasteiger partial charge in [0.2, 0.25) is 5.76 Å². The first-order valence-electron chi connectivity index (χ1n) is 12.1. The molecule has 0 spiro atoms. The van der Waals surface area contributed by atoms with E-state index in [9.17, 15) is 9.59 Å². The number of carbonyl (C=O) groups excluding carboxylic acids is 1. The first-order chi connectivity index (χ1) is 16.0. The number of rotatable bonds is 9. The van der Waals surface area contributed by atoms with Crippen molar-refractivity contribution in [2.24, 2.45) is 0 Å². The second-order valence-electron chi connectivity index (χ2n) is 9.01. The zero-order valence-electron chi connectivity index (χ0n) is 20.1. The number of ether oxygens (including phenoxy) is 1. The highest BCUT2D eigenvalue weighted by Gasteiger charge is 2.42. The smallest absolute Gasteiger partial charge is 0.290 e. The van der Waals surface area contributed by atoms with Gasteiger partial charge in [-0.05, 0) is 61.6 Å². The minimum Gasteiger partial charge on any atom is -0.494 e. The molecule has 0 fully saturated rings. The highest BCUT2D eigenvalue weighted by Crippen LogP contribution is 2.39. The summed E-state index contributed by atoms with van der Waals surface area (Å²) in [7, 11) is 0. The van der Waals surface area contributed by atoms with E-state index in [2.05, 4.69) is 13.8 Å². The number of unbranched alkanes of at least 4 members (excludes halogenated alkanes) is 3. The molecule has 0 saturated heterocycles. The van der Waals surface area contributed by atoms with Crippen molar-refractivity contribution < 1.29 is 13.9 Å². The van der Waals surface area contributed by atoms with Crippen LogP contribution in [-0.4, -0.2) is 24.0 Å². The van der Waals surface area contributed by atoms with Gasteiger partial charge in [0.1, 0.15) is 11.3 Å². The molecule has 1 unspecified atom stereocenters. The number of aryl methyl sites for hydroxylation is 2. The molecule has 1 amide bonds. The Hall–Kier alpha value is -3.08. The van der Waals surface area contributed by atoms with E-state index < -0.39 is 6.04 Å². The molecule has 5 heteroatoms. The van der Waals surface area contributed by atoms with Crippen LogP contribution in [0.2, 0.25) is 0 Å². The number of hydrogen-bond donors (Lipinski definition) is 0. The molecule has 174 valence electrons. The molecule has 0 radical (unpaired) electrons. The number of benzene rings is 2. The first-order valence-corrected chi connectivity index (χ1v) is 12.1. The SMILES string of the molecule is CCCCCOc1cccc(C2c3c(oc4cc(C)cc(C)c4c3=O)C(=O)N2CCCC)c1. The Kier molecular flexibility index (Phi) is 6.87. The van der Waals surface area contributed by atoms with Gasteiger partial charge in [0.15, 0.2) is 5.43 Å². The topological polar surface area (TPSA) is 59.8 Å². The zero-order valence-corrected chi connectivity index (χ0v) is 20.1. The Morgan fingerprint density at radius 2 is 1.79 bits per heavy atom. The maximum absolute atomic E-state index is 13.8. The second-order valence-corrected chi connectivity index (χ2v) is 9.01. The van der Waals surface area contributed by atoms with Crippen LogP contribution in [0.1, 0.15) is 84.8 Å². The number of amides is 1. The van der Waals surface area contributed by atoms with E-state index in [1.54, 1.807) is 4.90 Å². The number of fused-ring (bicyclic) bond motifs is 2. The molecule has 1 aliphatic rings. The van der Waals surface area contributed by atoms with Crippen LogP contribution in [0, 0.1) is 13.8 Å². The molecule has 2 aromatic carbocycles. The van der Waals surface area contributed by atoms with E-state index in [0.717, 1.165) is 54.5 Å². The van der Waals surface area contributed by atoms with Gasteiger partial charge in [0.05, 0.1) is 23.6 Å². The number of hydrogen-bond acceptors (Lipinski definition) is 4. The molecule has 0 N–H and O–H groups in total. The highest BCUT2D eigenvalue weighted by atomic mass is 16.5. The molecule has 33 heavy (non-hydrogen) atoms. The average Bonchev–Trinajstić information content (AvgIpc) is 3.07. The van der Waals surface area contributed by atoms with Crippen LogP contribution in [0.4, 0.5) is 0 Å². The summed E-state index contributed by atoms with van der Waals surface area (Å²) >= 11 is 0. The molecule has 1 aliphatic heterocycles. The lowest BCUT2D eigenvalue weighted by Crippen LogP contribution is -2.30. The van der Waals surface area contributed by atoms with Gasteiger partial charge in [0, 0.05) is 6.54 Å². The van der Waals surface area contributed by atoms with Crippen LogP contribution in [0.25, 0.3) is 11.0 Å². The van der Waals surface area contributed by atoms with Gasteiger partial charge < -0.3 is 14.1 Å². The third-order valence-corrected chi connectivity index (χ3v) is 6.36. The molecule has 1 atom stereocenters. The van der Waals surface area contributed by atoms with Crippen molar-refractivity contribution in [1.29, 1.82) is 0 Å². The summed E-state index contributed by atoms with van der Waals surface area (Å²) in [6, 6.07) is 11.1. The second kappa shape index (κ2) is 9.82. The normalized spacial score (nSPS) is 15.3. The first kappa shape index (κ1) is 23.1. The van der Waals surface area contributed by atoms with Gasteiger partial charge in [-0.2, -0.15) is 0 Å². The average molecular weight is 448 g/mol. The van der Waals surface area contributed by atoms with E-state index in [4.69, 9.17) is 9.15 Å². The van der Waals surface area contributed by atoms with E-state index in [1.807, 2.05) is 50.2 Å². The summed E-state index contributed by atoms with van der Waals surface area (Å²) in [5.74, 6) is 0.723. The minimum absolute atomic E-state index is 0.115. The summed E-state index contributed by atoms with van der Waals surface area (Å²) in [4.78, 5) is 29.0. The molecule has 2 heterocycles. The zero-order chi connectivity index (χ0) is 23.5. The molecular weight excluding hydrogens is 414 g/mol. The molecule has 5 nitrogen and oxygen atoms in total. The van der Waals surface area contributed by atoms with Crippen LogP contribution in [-0.2, 0) is 0 Å². The molecule has 3 aromatic rings. The van der Waals surface area contributed by atoms with E-state index in [-0.39, 0.29) is 17.1 Å². The van der Waals surface area contributed by atoms with Crippen molar-refractivity contribution in [2.75, 3.05) is 13.2 Å². The molecular formula is C28H33NO4. The van der Waals surface area contributed by atoms with Crippen molar-refractivity contribution in [3.8, 4) is 5.75 Å². The fraction of sp³-hybridized carbons (Fsp3) is 0.429. The summed E-state index contributed by atoms with van der Waals surface area (Å²) in [5, 5.41) is 0.557. The van der Waals surface area contributed by atoms with Gasteiger partial charge in [-0.15, -0.1) is 0 Å². The van der Waals surface area contributed by atoms with Gasteiger partial charge in [-0.3, -0.25) is 9.59 Å². The Morgan fingerprint density at radius 1 is 1.00 bits per heavy atom. The minimum atomic E-state index is -0.473. The number of carbonyl (C=O) groups is 1. The van der Waals surface area contributed by atoms with E-state index in [0.29, 0.717) is 29.7 Å². The van der Waals surface area contributed by atoms with E-state index >= 15 is 0 Å². The van der Waals surface area contributed by atoms with Crippen molar-refractivity contribution in [3.05, 3.63) is 74.6 Å². The van der Waals surface area contributed by atoms with E-state index in [1.165, 1.54) is 0 Å². The third-order valence-electron chi connectivity index (χ3n) is 6.36. The number of nitrogens with zero attached hydrogens (tertiary/aromatic N) is 1. The van der Waals surface area contributed by atoms with Gasteiger partial charge in [-0.1, -0.05) is 51.3 Å². The summed E-state index contributed by atoms with van der Waals surface area (Å²) in [5.41, 5.74) is 3.55. The van der Waals surface area contributed by atoms with Crippen molar-refractivity contribution in [2.45, 2.75) is 65.8 Å². The van der Waals surface area contributed by atoms with Crippen molar-refractivity contribution >= 4 is 16.9 Å². The van der Waals surface area contributed by atoms with Gasteiger partial charge in [0.25, 0.3) is 5.91 Å². The largest absolute Gasteiger partial charge is 0.494 e. The Labute approximate surface area is 195 Å². The molecule has 0 aliphatic carbocycles. The third kappa shape index (κ3) is 4.41. The lowest BCUT2D eigenvalue weighted by Gasteiger charge is -2.25. The molecule has 1 aromatic heterocycles. The molecule has 0 saturated carbocycles. The van der Waals surface area contributed by atoms with Crippen LogP contribution >= 0.6 is 0 Å². The highest BCUT2D eigenvalue weighted by molar-refractivity contribution is 5.99. The summed E-state index contributed by atoms with van der Waals surface area (Å²) in [6.45, 7) is 9.37. The predicted molar refractivity (Wildman–Crippen MR) is 131 cm³/mol. The Bertz CT molecular complexity index is 1230.